The van der Waals surface area contributed by atoms with Gasteiger partial charge in [0, 0.05) is 6.42 Å². The number of carbonyl (C=O) groups is 2. The minimum Gasteiger partial charge on any atom is -0.454 e. The summed E-state index contributed by atoms with van der Waals surface area (Å²) in [6.07, 6.45) is 44.8. The molecular formula is C59H109NO10. The van der Waals surface area contributed by atoms with E-state index < -0.39 is 67.4 Å². The average Bonchev–Trinajstić information content (AvgIpc) is 3.36. The van der Waals surface area contributed by atoms with Crippen molar-refractivity contribution >= 4 is 11.9 Å². The van der Waals surface area contributed by atoms with E-state index in [9.17, 15) is 35.1 Å². The Morgan fingerprint density at radius 3 is 1.43 bits per heavy atom. The van der Waals surface area contributed by atoms with Gasteiger partial charge in [-0.15, -0.1) is 0 Å². The minimum absolute atomic E-state index is 0.122. The fraction of sp³-hybridized carbons (Fsp3) is 0.864. The van der Waals surface area contributed by atoms with E-state index in [1.54, 1.807) is 6.08 Å². The molecule has 0 spiro atoms. The molecule has 0 aromatic rings. The van der Waals surface area contributed by atoms with Crippen LogP contribution in [0, 0.1) is 0 Å². The largest absolute Gasteiger partial charge is 0.454 e. The smallest absolute Gasteiger partial charge is 0.306 e. The maximum absolute atomic E-state index is 13.3. The third kappa shape index (κ3) is 35.9. The summed E-state index contributed by atoms with van der Waals surface area (Å²) < 4.78 is 17.6. The van der Waals surface area contributed by atoms with E-state index in [1.807, 2.05) is 6.08 Å². The number of esters is 1. The molecule has 1 aliphatic heterocycles. The molecule has 0 bridgehead atoms. The van der Waals surface area contributed by atoms with Crippen molar-refractivity contribution < 1.29 is 49.3 Å². The van der Waals surface area contributed by atoms with Crippen LogP contribution in [0.2, 0.25) is 0 Å². The molecule has 0 radical (unpaired) electrons. The fourth-order valence-electron chi connectivity index (χ4n) is 9.04. The van der Waals surface area contributed by atoms with Crippen LogP contribution in [0.5, 0.6) is 0 Å². The van der Waals surface area contributed by atoms with Crippen LogP contribution in [-0.4, -0.2) is 99.6 Å². The summed E-state index contributed by atoms with van der Waals surface area (Å²) in [5, 5.41) is 56.7. The highest BCUT2D eigenvalue weighted by Gasteiger charge is 2.47. The summed E-state index contributed by atoms with van der Waals surface area (Å²) in [7, 11) is 0. The van der Waals surface area contributed by atoms with E-state index in [0.717, 1.165) is 70.6 Å². The average molecular weight is 993 g/mol. The van der Waals surface area contributed by atoms with E-state index in [0.29, 0.717) is 12.8 Å². The van der Waals surface area contributed by atoms with Gasteiger partial charge >= 0.3 is 5.97 Å². The van der Waals surface area contributed by atoms with Crippen LogP contribution in [0.1, 0.15) is 265 Å². The predicted molar refractivity (Wildman–Crippen MR) is 287 cm³/mol. The van der Waals surface area contributed by atoms with E-state index in [1.165, 1.54) is 148 Å². The second-order valence-corrected chi connectivity index (χ2v) is 20.4. The zero-order chi connectivity index (χ0) is 51.1. The first-order chi connectivity index (χ1) is 34.2. The summed E-state index contributed by atoms with van der Waals surface area (Å²) in [4.78, 5) is 26.4. The van der Waals surface area contributed by atoms with Crippen molar-refractivity contribution in [1.29, 1.82) is 0 Å². The third-order valence-corrected chi connectivity index (χ3v) is 13.8. The van der Waals surface area contributed by atoms with Crippen molar-refractivity contribution in [1.82, 2.24) is 5.32 Å². The number of hydrogen-bond donors (Lipinski definition) is 6. The molecule has 1 amide bonds. The number of nitrogens with one attached hydrogen (secondary N) is 1. The van der Waals surface area contributed by atoms with E-state index >= 15 is 0 Å². The predicted octanol–water partition coefficient (Wildman–Crippen LogP) is 13.1. The van der Waals surface area contributed by atoms with Gasteiger partial charge in [-0.3, -0.25) is 9.59 Å². The Kier molecular flexibility index (Phi) is 45.1. The van der Waals surface area contributed by atoms with Crippen LogP contribution in [0.4, 0.5) is 0 Å². The van der Waals surface area contributed by atoms with Gasteiger partial charge in [0.25, 0.3) is 0 Å². The van der Waals surface area contributed by atoms with Crippen molar-refractivity contribution in [2.45, 2.75) is 314 Å². The van der Waals surface area contributed by atoms with Gasteiger partial charge in [0.1, 0.15) is 24.4 Å². The molecule has 1 fully saturated rings. The first kappa shape index (κ1) is 65.9. The highest BCUT2D eigenvalue weighted by molar-refractivity contribution is 5.80. The first-order valence-corrected chi connectivity index (χ1v) is 29.3. The number of aliphatic hydroxyl groups excluding tert-OH is 5. The van der Waals surface area contributed by atoms with Crippen molar-refractivity contribution in [3.63, 3.8) is 0 Å². The van der Waals surface area contributed by atoms with Gasteiger partial charge in [-0.05, 0) is 70.6 Å². The normalized spacial score (nSPS) is 19.9. The number of allylic oxidation sites excluding steroid dienone is 5. The van der Waals surface area contributed by atoms with Crippen LogP contribution in [-0.2, 0) is 23.8 Å². The molecule has 0 aromatic carbocycles. The molecule has 1 saturated heterocycles. The van der Waals surface area contributed by atoms with Crippen molar-refractivity contribution in [3.05, 3.63) is 36.5 Å². The maximum Gasteiger partial charge on any atom is 0.306 e. The Morgan fingerprint density at radius 2 is 0.957 bits per heavy atom. The zero-order valence-electron chi connectivity index (χ0n) is 45.1. The molecule has 0 aromatic heterocycles. The molecule has 1 rings (SSSR count). The van der Waals surface area contributed by atoms with Crippen LogP contribution in [0.25, 0.3) is 0 Å². The molecule has 0 saturated carbocycles. The summed E-state index contributed by atoms with van der Waals surface area (Å²) in [5.74, 6) is -1.20. The number of rotatable bonds is 49. The number of aliphatic hydroxyl groups is 5. The molecular weight excluding hydrogens is 883 g/mol. The standard InChI is InChI=1S/C59H109NO10/c1-4-7-10-13-16-19-22-24-25-26-27-28-29-30-32-35-38-41-44-47-54(64)70-57-56(66)55(65)53(48-61)69-59(57)68-49-50(51(62)45-42-39-36-34-31-23-20-17-14-11-8-5-2)60-58(67)52(63)46-43-40-37-33-21-18-15-12-9-6-3/h15,18,24-25,42,45,50-53,55-57,59,61-63,65-66H,4-14,16-17,19-23,26-41,43-44,46-49H2,1-3H3,(H,60,67)/b18-15-,25-24+,45-42+. The Balaban J connectivity index is 2.68. The van der Waals surface area contributed by atoms with E-state index in [4.69, 9.17) is 14.2 Å². The molecule has 8 unspecified atom stereocenters. The molecule has 1 aliphatic rings. The lowest BCUT2D eigenvalue weighted by atomic mass is 9.99. The van der Waals surface area contributed by atoms with E-state index in [2.05, 4.69) is 50.4 Å². The lowest BCUT2D eigenvalue weighted by Gasteiger charge is -2.41. The molecule has 6 N–H and O–H groups in total. The van der Waals surface area contributed by atoms with E-state index in [-0.39, 0.29) is 19.4 Å². The minimum atomic E-state index is -1.61. The number of carbonyl (C=O) groups excluding carboxylic acids is 2. The summed E-state index contributed by atoms with van der Waals surface area (Å²) in [6.45, 7) is 5.73. The second kappa shape index (κ2) is 47.9. The monoisotopic (exact) mass is 992 g/mol. The number of unbranched alkanes of at least 4 members (excludes halogenated alkanes) is 31. The Bertz CT molecular complexity index is 1280. The lowest BCUT2D eigenvalue weighted by Crippen LogP contribution is -2.61. The third-order valence-electron chi connectivity index (χ3n) is 13.8. The molecule has 70 heavy (non-hydrogen) atoms. The first-order valence-electron chi connectivity index (χ1n) is 29.3. The highest BCUT2D eigenvalue weighted by Crippen LogP contribution is 2.26. The van der Waals surface area contributed by atoms with Crippen LogP contribution < -0.4 is 5.32 Å². The van der Waals surface area contributed by atoms with Gasteiger partial charge in [0.05, 0.1) is 25.4 Å². The van der Waals surface area contributed by atoms with Gasteiger partial charge in [-0.25, -0.2) is 0 Å². The number of hydrogen-bond acceptors (Lipinski definition) is 10. The quantitative estimate of drug-likeness (QED) is 0.0195. The van der Waals surface area contributed by atoms with Crippen LogP contribution >= 0.6 is 0 Å². The van der Waals surface area contributed by atoms with Gasteiger partial charge in [-0.1, -0.05) is 224 Å². The number of amides is 1. The molecule has 8 atom stereocenters. The molecule has 0 aliphatic carbocycles. The topological polar surface area (TPSA) is 175 Å². The Hall–Kier alpha value is -2.12. The molecule has 11 heteroatoms. The Morgan fingerprint density at radius 1 is 0.543 bits per heavy atom. The molecule has 1 heterocycles. The van der Waals surface area contributed by atoms with Gasteiger partial charge < -0.3 is 45.1 Å². The van der Waals surface area contributed by atoms with Crippen LogP contribution in [0.15, 0.2) is 36.5 Å². The van der Waals surface area contributed by atoms with Crippen LogP contribution in [0.3, 0.4) is 0 Å². The summed E-state index contributed by atoms with van der Waals surface area (Å²) in [5.41, 5.74) is 0. The van der Waals surface area contributed by atoms with Gasteiger partial charge in [0.2, 0.25) is 5.91 Å². The highest BCUT2D eigenvalue weighted by atomic mass is 16.7. The summed E-state index contributed by atoms with van der Waals surface area (Å²) in [6, 6.07) is -1.02. The second-order valence-electron chi connectivity index (χ2n) is 20.4. The lowest BCUT2D eigenvalue weighted by molar-refractivity contribution is -0.305. The number of ether oxygens (including phenoxy) is 3. The van der Waals surface area contributed by atoms with Gasteiger partial charge in [0.15, 0.2) is 12.4 Å². The fourth-order valence-corrected chi connectivity index (χ4v) is 9.04. The molecule has 11 nitrogen and oxygen atoms in total. The van der Waals surface area contributed by atoms with Gasteiger partial charge in [-0.2, -0.15) is 0 Å². The Labute approximate surface area is 428 Å². The maximum atomic E-state index is 13.3. The summed E-state index contributed by atoms with van der Waals surface area (Å²) >= 11 is 0. The molecule has 410 valence electrons. The van der Waals surface area contributed by atoms with Crippen molar-refractivity contribution in [2.75, 3.05) is 13.2 Å². The zero-order valence-corrected chi connectivity index (χ0v) is 45.1. The SMILES string of the molecule is CCCC/C=C\CCCCCCC(O)C(=O)NC(COC1OC(CO)C(O)C(O)C1OC(=O)CCCCCCCCCCC/C=C/CCCCCCCC)C(O)/C=C/CCCCCCCCCCCC. The van der Waals surface area contributed by atoms with Crippen molar-refractivity contribution in [3.8, 4) is 0 Å². The van der Waals surface area contributed by atoms with Crippen molar-refractivity contribution in [2.24, 2.45) is 0 Å².